The first-order valence-corrected chi connectivity index (χ1v) is 7.05. The van der Waals surface area contributed by atoms with Gasteiger partial charge in [-0.15, -0.1) is 0 Å². The summed E-state index contributed by atoms with van der Waals surface area (Å²) in [5.74, 6) is 0.718. The van der Waals surface area contributed by atoms with Crippen LogP contribution in [0, 0.1) is 5.92 Å². The molecule has 0 saturated heterocycles. The molecule has 0 heterocycles. The standard InChI is InChI=1S/C14H32N2/c1-6-8-10-16(11-9-7-2)12-14(15-5)13(3)4/h13-15H,6-12H2,1-5H3. The van der Waals surface area contributed by atoms with Crippen LogP contribution in [0.1, 0.15) is 53.4 Å². The van der Waals surface area contributed by atoms with E-state index < -0.39 is 0 Å². The first kappa shape index (κ1) is 15.9. The number of likely N-dealkylation sites (N-methyl/N-ethyl adjacent to an activating group) is 1. The third kappa shape index (κ3) is 7.24. The Hall–Kier alpha value is -0.0800. The van der Waals surface area contributed by atoms with Crippen LogP contribution in [0.5, 0.6) is 0 Å². The summed E-state index contributed by atoms with van der Waals surface area (Å²) in [6, 6.07) is 0.633. The van der Waals surface area contributed by atoms with Gasteiger partial charge in [-0.2, -0.15) is 0 Å². The maximum absolute atomic E-state index is 3.44. The Balaban J connectivity index is 4.04. The average Bonchev–Trinajstić information content (AvgIpc) is 2.27. The zero-order valence-electron chi connectivity index (χ0n) is 12.1. The molecule has 0 aliphatic carbocycles. The van der Waals surface area contributed by atoms with Gasteiger partial charge in [-0.3, -0.25) is 0 Å². The van der Waals surface area contributed by atoms with E-state index in [0.717, 1.165) is 5.92 Å². The molecule has 1 N–H and O–H groups in total. The molecule has 1 atom stereocenters. The smallest absolute Gasteiger partial charge is 0.0214 e. The van der Waals surface area contributed by atoms with Gasteiger partial charge in [-0.1, -0.05) is 40.5 Å². The summed E-state index contributed by atoms with van der Waals surface area (Å²) in [7, 11) is 2.09. The second-order valence-corrected chi connectivity index (χ2v) is 5.15. The Morgan fingerprint density at radius 2 is 1.50 bits per heavy atom. The Morgan fingerprint density at radius 3 is 1.81 bits per heavy atom. The molecule has 0 aliphatic heterocycles. The molecule has 0 fully saturated rings. The van der Waals surface area contributed by atoms with Crippen LogP contribution in [0.2, 0.25) is 0 Å². The molecule has 0 aliphatic rings. The van der Waals surface area contributed by atoms with Crippen molar-refractivity contribution in [1.29, 1.82) is 0 Å². The van der Waals surface area contributed by atoms with E-state index in [1.54, 1.807) is 0 Å². The highest BCUT2D eigenvalue weighted by atomic mass is 15.1. The van der Waals surface area contributed by atoms with Crippen LogP contribution in [0.4, 0.5) is 0 Å². The maximum Gasteiger partial charge on any atom is 0.0214 e. The summed E-state index contributed by atoms with van der Waals surface area (Å²) < 4.78 is 0. The molecule has 0 aromatic carbocycles. The van der Waals surface area contributed by atoms with Crippen molar-refractivity contribution in [3.63, 3.8) is 0 Å². The van der Waals surface area contributed by atoms with Gasteiger partial charge in [0, 0.05) is 12.6 Å². The lowest BCUT2D eigenvalue weighted by molar-refractivity contribution is 0.217. The SMILES string of the molecule is CCCCN(CCCC)CC(NC)C(C)C. The van der Waals surface area contributed by atoms with E-state index in [2.05, 4.69) is 45.0 Å². The number of nitrogens with zero attached hydrogens (tertiary/aromatic N) is 1. The predicted octanol–water partition coefficient (Wildman–Crippen LogP) is 3.13. The third-order valence-electron chi connectivity index (χ3n) is 3.29. The highest BCUT2D eigenvalue weighted by Crippen LogP contribution is 2.06. The summed E-state index contributed by atoms with van der Waals surface area (Å²) in [6.07, 6.45) is 5.26. The van der Waals surface area contributed by atoms with Gasteiger partial charge in [0.05, 0.1) is 0 Å². The quantitative estimate of drug-likeness (QED) is 0.618. The fourth-order valence-corrected chi connectivity index (χ4v) is 1.97. The molecule has 0 aromatic heterocycles. The molecule has 0 spiro atoms. The van der Waals surface area contributed by atoms with E-state index in [9.17, 15) is 0 Å². The number of unbranched alkanes of at least 4 members (excludes halogenated alkanes) is 2. The predicted molar refractivity (Wildman–Crippen MR) is 73.9 cm³/mol. The first-order valence-electron chi connectivity index (χ1n) is 7.05. The number of nitrogens with one attached hydrogen (secondary N) is 1. The van der Waals surface area contributed by atoms with Crippen LogP contribution in [-0.4, -0.2) is 37.6 Å². The van der Waals surface area contributed by atoms with Gasteiger partial charge in [0.2, 0.25) is 0 Å². The topological polar surface area (TPSA) is 15.3 Å². The van der Waals surface area contributed by atoms with Crippen LogP contribution in [-0.2, 0) is 0 Å². The minimum Gasteiger partial charge on any atom is -0.315 e. The lowest BCUT2D eigenvalue weighted by Crippen LogP contribution is -2.43. The largest absolute Gasteiger partial charge is 0.315 e. The molecule has 0 aromatic rings. The summed E-state index contributed by atoms with van der Waals surface area (Å²) in [5, 5.41) is 3.44. The maximum atomic E-state index is 3.44. The molecule has 0 radical (unpaired) electrons. The van der Waals surface area contributed by atoms with Crippen LogP contribution in [0.3, 0.4) is 0 Å². The van der Waals surface area contributed by atoms with Crippen LogP contribution >= 0.6 is 0 Å². The van der Waals surface area contributed by atoms with Gasteiger partial charge in [0.25, 0.3) is 0 Å². The lowest BCUT2D eigenvalue weighted by Gasteiger charge is -2.29. The normalized spacial score (nSPS) is 13.7. The van der Waals surface area contributed by atoms with Gasteiger partial charge in [0.15, 0.2) is 0 Å². The van der Waals surface area contributed by atoms with Gasteiger partial charge >= 0.3 is 0 Å². The zero-order chi connectivity index (χ0) is 12.4. The number of rotatable bonds is 10. The average molecular weight is 228 g/mol. The molecular formula is C14H32N2. The molecule has 0 saturated carbocycles. The summed E-state index contributed by atoms with van der Waals surface area (Å²) >= 11 is 0. The Morgan fingerprint density at radius 1 is 1.00 bits per heavy atom. The van der Waals surface area contributed by atoms with Gasteiger partial charge in [-0.25, -0.2) is 0 Å². The highest BCUT2D eigenvalue weighted by molar-refractivity contribution is 4.73. The van der Waals surface area contributed by atoms with E-state index >= 15 is 0 Å². The van der Waals surface area contributed by atoms with Crippen molar-refractivity contribution in [2.24, 2.45) is 5.92 Å². The van der Waals surface area contributed by atoms with E-state index in [4.69, 9.17) is 0 Å². The van der Waals surface area contributed by atoms with E-state index in [1.807, 2.05) is 0 Å². The molecular weight excluding hydrogens is 196 g/mol. The summed E-state index contributed by atoms with van der Waals surface area (Å²) in [6.45, 7) is 12.9. The number of hydrogen-bond acceptors (Lipinski definition) is 2. The van der Waals surface area contributed by atoms with Gasteiger partial charge in [0.1, 0.15) is 0 Å². The summed E-state index contributed by atoms with van der Waals surface area (Å²) in [4.78, 5) is 2.63. The van der Waals surface area contributed by atoms with Crippen molar-refractivity contribution in [2.45, 2.75) is 59.4 Å². The van der Waals surface area contributed by atoms with Crippen molar-refractivity contribution >= 4 is 0 Å². The van der Waals surface area contributed by atoms with Crippen molar-refractivity contribution in [1.82, 2.24) is 10.2 Å². The molecule has 98 valence electrons. The molecule has 1 unspecified atom stereocenters. The zero-order valence-corrected chi connectivity index (χ0v) is 12.1. The second kappa shape index (κ2) is 10.1. The van der Waals surface area contributed by atoms with Gasteiger partial charge < -0.3 is 10.2 Å². The van der Waals surface area contributed by atoms with Crippen LogP contribution < -0.4 is 5.32 Å². The van der Waals surface area contributed by atoms with Crippen LogP contribution in [0.25, 0.3) is 0 Å². The van der Waals surface area contributed by atoms with Gasteiger partial charge in [-0.05, 0) is 38.9 Å². The minimum atomic E-state index is 0.633. The Kier molecular flexibility index (Phi) is 10.0. The van der Waals surface area contributed by atoms with E-state index in [-0.39, 0.29) is 0 Å². The van der Waals surface area contributed by atoms with E-state index in [0.29, 0.717) is 6.04 Å². The minimum absolute atomic E-state index is 0.633. The second-order valence-electron chi connectivity index (χ2n) is 5.15. The van der Waals surface area contributed by atoms with Crippen molar-refractivity contribution in [2.75, 3.05) is 26.7 Å². The molecule has 16 heavy (non-hydrogen) atoms. The fourth-order valence-electron chi connectivity index (χ4n) is 1.97. The fraction of sp³-hybridized carbons (Fsp3) is 1.00. The third-order valence-corrected chi connectivity index (χ3v) is 3.29. The molecule has 2 heteroatoms. The van der Waals surface area contributed by atoms with Crippen molar-refractivity contribution < 1.29 is 0 Å². The van der Waals surface area contributed by atoms with Crippen molar-refractivity contribution in [3.05, 3.63) is 0 Å². The molecule has 0 bridgehead atoms. The van der Waals surface area contributed by atoms with Crippen molar-refractivity contribution in [3.8, 4) is 0 Å². The molecule has 0 rings (SSSR count). The number of hydrogen-bond donors (Lipinski definition) is 1. The molecule has 2 nitrogen and oxygen atoms in total. The first-order chi connectivity index (χ1) is 7.65. The monoisotopic (exact) mass is 228 g/mol. The Bertz CT molecular complexity index is 138. The highest BCUT2D eigenvalue weighted by Gasteiger charge is 2.14. The Labute approximate surface area is 103 Å². The van der Waals surface area contributed by atoms with Crippen LogP contribution in [0.15, 0.2) is 0 Å². The lowest BCUT2D eigenvalue weighted by atomic mass is 10.0. The molecule has 0 amide bonds. The summed E-state index contributed by atoms with van der Waals surface area (Å²) in [5.41, 5.74) is 0. The van der Waals surface area contributed by atoms with E-state index in [1.165, 1.54) is 45.3 Å².